The molecule has 5 aromatic rings. The molecule has 1 aromatic heterocycles. The number of nitrogens with zero attached hydrogens (tertiary/aromatic N) is 3. The number of rotatable bonds is 6. The van der Waals surface area contributed by atoms with Gasteiger partial charge in [-0.2, -0.15) is 5.26 Å². The van der Waals surface area contributed by atoms with Crippen LogP contribution in [0.2, 0.25) is 0 Å². The van der Waals surface area contributed by atoms with Gasteiger partial charge in [0, 0.05) is 34.1 Å². The summed E-state index contributed by atoms with van der Waals surface area (Å²) in [6.45, 7) is 3.50. The molecule has 0 saturated heterocycles. The van der Waals surface area contributed by atoms with E-state index in [0.29, 0.717) is 22.5 Å². The van der Waals surface area contributed by atoms with Crippen LogP contribution in [0.3, 0.4) is 0 Å². The second-order valence-corrected chi connectivity index (χ2v) is 8.48. The average Bonchev–Trinajstić information content (AvgIpc) is 2.96. The van der Waals surface area contributed by atoms with Gasteiger partial charge < -0.3 is 10.6 Å². The maximum atomic E-state index is 12.8. The highest BCUT2D eigenvalue weighted by Gasteiger charge is 2.12. The van der Waals surface area contributed by atoms with Crippen molar-refractivity contribution in [1.29, 1.82) is 5.26 Å². The lowest BCUT2D eigenvalue weighted by Crippen LogP contribution is -2.11. The topological polar surface area (TPSA) is 108 Å². The predicted octanol–water partition coefficient (Wildman–Crippen LogP) is 6.21. The van der Waals surface area contributed by atoms with Crippen LogP contribution in [-0.4, -0.2) is 21.8 Å². The van der Waals surface area contributed by atoms with Crippen molar-refractivity contribution in [2.45, 2.75) is 0 Å². The number of benzene rings is 4. The lowest BCUT2D eigenvalue weighted by Gasteiger charge is -2.12. The van der Waals surface area contributed by atoms with Gasteiger partial charge in [0.15, 0.2) is 0 Å². The van der Waals surface area contributed by atoms with E-state index in [4.69, 9.17) is 5.26 Å². The summed E-state index contributed by atoms with van der Waals surface area (Å²) in [7, 11) is 0. The fourth-order valence-corrected chi connectivity index (χ4v) is 4.13. The number of carbonyl (C=O) groups is 2. The Morgan fingerprint density at radius 2 is 1.61 bits per heavy atom. The Morgan fingerprint density at radius 1 is 0.842 bits per heavy atom. The Bertz CT molecular complexity index is 1740. The van der Waals surface area contributed by atoms with Crippen LogP contribution in [-0.2, 0) is 4.79 Å². The van der Waals surface area contributed by atoms with Gasteiger partial charge in [-0.1, -0.05) is 36.9 Å². The normalized spacial score (nSPS) is 10.4. The number of amides is 2. The molecule has 0 aliphatic rings. The molecule has 0 spiro atoms. The first-order chi connectivity index (χ1) is 18.5. The van der Waals surface area contributed by atoms with E-state index in [1.807, 2.05) is 48.5 Å². The molecule has 0 atom stereocenters. The number of hydrogen-bond acceptors (Lipinski definition) is 5. The fraction of sp³-hybridized carbons (Fsp3) is 0. The first kappa shape index (κ1) is 24.1. The number of carbonyl (C=O) groups excluding carboxylic acids is 2. The van der Waals surface area contributed by atoms with Crippen LogP contribution in [0.5, 0.6) is 0 Å². The molecule has 0 bridgehead atoms. The zero-order chi connectivity index (χ0) is 26.5. The zero-order valence-corrected chi connectivity index (χ0v) is 20.2. The highest BCUT2D eigenvalue weighted by molar-refractivity contribution is 6.05. The number of nitriles is 1. The Hall–Kier alpha value is -5.61. The summed E-state index contributed by atoms with van der Waals surface area (Å²) in [5.74, 6) is -0.553. The van der Waals surface area contributed by atoms with Gasteiger partial charge in [0.25, 0.3) is 5.91 Å². The van der Waals surface area contributed by atoms with Crippen LogP contribution in [0.25, 0.3) is 33.2 Å². The molecule has 0 unspecified atom stereocenters. The first-order valence-corrected chi connectivity index (χ1v) is 11.7. The minimum Gasteiger partial charge on any atom is -0.323 e. The molecule has 182 valence electrons. The molecular formula is C31H21N5O2. The number of hydrogen-bond donors (Lipinski definition) is 2. The van der Waals surface area contributed by atoms with Crippen molar-refractivity contribution in [2.75, 3.05) is 10.6 Å². The summed E-state index contributed by atoms with van der Waals surface area (Å²) in [5.41, 5.74) is 6.56. The summed E-state index contributed by atoms with van der Waals surface area (Å²) in [5, 5.41) is 15.6. The third-order valence-corrected chi connectivity index (χ3v) is 5.96. The lowest BCUT2D eigenvalue weighted by molar-refractivity contribution is -0.111. The number of nitrogens with one attached hydrogen (secondary N) is 2. The van der Waals surface area contributed by atoms with E-state index in [-0.39, 0.29) is 11.8 Å². The SMILES string of the molecule is C=CC(=O)Nc1cccc(-c2cc(-c3ccc(C(=O)Nc4cccc(C#N)c4)cc3)cc3cncnc23)c1. The summed E-state index contributed by atoms with van der Waals surface area (Å²) >= 11 is 0. The summed E-state index contributed by atoms with van der Waals surface area (Å²) in [6, 6.07) is 27.7. The number of fused-ring (bicyclic) bond motifs is 1. The molecule has 7 nitrogen and oxygen atoms in total. The monoisotopic (exact) mass is 495 g/mol. The van der Waals surface area contributed by atoms with Crippen LogP contribution in [0.1, 0.15) is 15.9 Å². The van der Waals surface area contributed by atoms with Crippen molar-refractivity contribution in [2.24, 2.45) is 0 Å². The van der Waals surface area contributed by atoms with Gasteiger partial charge >= 0.3 is 0 Å². The van der Waals surface area contributed by atoms with Gasteiger partial charge in [-0.25, -0.2) is 9.97 Å². The van der Waals surface area contributed by atoms with Crippen LogP contribution in [0.4, 0.5) is 11.4 Å². The predicted molar refractivity (Wildman–Crippen MR) is 148 cm³/mol. The maximum absolute atomic E-state index is 12.8. The summed E-state index contributed by atoms with van der Waals surface area (Å²) in [4.78, 5) is 33.2. The summed E-state index contributed by atoms with van der Waals surface area (Å²) < 4.78 is 0. The van der Waals surface area contributed by atoms with E-state index < -0.39 is 0 Å². The van der Waals surface area contributed by atoms with Crippen molar-refractivity contribution in [3.63, 3.8) is 0 Å². The molecule has 0 aliphatic carbocycles. The van der Waals surface area contributed by atoms with Gasteiger partial charge in [0.05, 0.1) is 17.1 Å². The van der Waals surface area contributed by atoms with Gasteiger partial charge in [0.2, 0.25) is 5.91 Å². The molecule has 0 radical (unpaired) electrons. The first-order valence-electron chi connectivity index (χ1n) is 11.7. The van der Waals surface area contributed by atoms with Crippen molar-refractivity contribution in [3.05, 3.63) is 121 Å². The van der Waals surface area contributed by atoms with Gasteiger partial charge in [-0.15, -0.1) is 0 Å². The van der Waals surface area contributed by atoms with Crippen molar-refractivity contribution >= 4 is 34.1 Å². The van der Waals surface area contributed by atoms with E-state index in [2.05, 4.69) is 33.2 Å². The molecule has 38 heavy (non-hydrogen) atoms. The highest BCUT2D eigenvalue weighted by Crippen LogP contribution is 2.34. The second kappa shape index (κ2) is 10.6. The largest absolute Gasteiger partial charge is 0.323 e. The molecule has 7 heteroatoms. The number of aromatic nitrogens is 2. The highest BCUT2D eigenvalue weighted by atomic mass is 16.2. The van der Waals surface area contributed by atoms with Gasteiger partial charge in [-0.05, 0) is 77.4 Å². The zero-order valence-electron chi connectivity index (χ0n) is 20.2. The molecule has 4 aromatic carbocycles. The summed E-state index contributed by atoms with van der Waals surface area (Å²) in [6.07, 6.45) is 4.49. The molecule has 2 N–H and O–H groups in total. The maximum Gasteiger partial charge on any atom is 0.255 e. The van der Waals surface area contributed by atoms with E-state index in [1.54, 1.807) is 42.6 Å². The molecule has 5 rings (SSSR count). The Labute approximate surface area is 219 Å². The molecule has 0 saturated carbocycles. The van der Waals surface area contributed by atoms with E-state index in [1.165, 1.54) is 12.4 Å². The van der Waals surface area contributed by atoms with Gasteiger partial charge in [-0.3, -0.25) is 9.59 Å². The van der Waals surface area contributed by atoms with Crippen LogP contribution in [0.15, 0.2) is 110 Å². The molecule has 0 aliphatic heterocycles. The third-order valence-electron chi connectivity index (χ3n) is 5.96. The smallest absolute Gasteiger partial charge is 0.255 e. The standard InChI is InChI=1S/C31H21N5O2/c1-2-29(37)35-27-8-4-6-23(15-27)28-16-24(14-25-18-33-19-34-30(25)28)21-9-11-22(12-10-21)31(38)36-26-7-3-5-20(13-26)17-32/h2-16,18-19H,1H2,(H,35,37)(H,36,38). The molecule has 1 heterocycles. The van der Waals surface area contributed by atoms with Crippen molar-refractivity contribution in [1.82, 2.24) is 9.97 Å². The third kappa shape index (κ3) is 5.15. The Kier molecular flexibility index (Phi) is 6.70. The molecule has 2 amide bonds. The fourth-order valence-electron chi connectivity index (χ4n) is 4.13. The second-order valence-electron chi connectivity index (χ2n) is 8.48. The molecular weight excluding hydrogens is 474 g/mol. The minimum atomic E-state index is -0.287. The van der Waals surface area contributed by atoms with Crippen LogP contribution >= 0.6 is 0 Å². The van der Waals surface area contributed by atoms with Crippen LogP contribution < -0.4 is 10.6 Å². The van der Waals surface area contributed by atoms with Crippen molar-refractivity contribution in [3.8, 4) is 28.3 Å². The Balaban J connectivity index is 1.48. The Morgan fingerprint density at radius 3 is 2.37 bits per heavy atom. The van der Waals surface area contributed by atoms with E-state index in [9.17, 15) is 9.59 Å². The van der Waals surface area contributed by atoms with Gasteiger partial charge in [0.1, 0.15) is 6.33 Å². The van der Waals surface area contributed by atoms with Crippen LogP contribution in [0, 0.1) is 11.3 Å². The van der Waals surface area contributed by atoms with E-state index in [0.717, 1.165) is 33.2 Å². The average molecular weight is 496 g/mol. The van der Waals surface area contributed by atoms with E-state index >= 15 is 0 Å². The number of anilines is 2. The van der Waals surface area contributed by atoms with Crippen molar-refractivity contribution < 1.29 is 9.59 Å². The minimum absolute atomic E-state index is 0.266. The molecule has 0 fully saturated rings. The lowest BCUT2D eigenvalue weighted by atomic mass is 9.95. The quantitative estimate of drug-likeness (QED) is 0.272.